The first-order valence-corrected chi connectivity index (χ1v) is 8.25. The molecule has 0 aliphatic rings. The monoisotopic (exact) mass is 350 g/mol. The Morgan fingerprint density at radius 3 is 2.81 bits per heavy atom. The molecule has 0 spiro atoms. The van der Waals surface area contributed by atoms with Crippen molar-refractivity contribution in [3.05, 3.63) is 64.7 Å². The molecule has 0 aliphatic heterocycles. The number of oxazole rings is 1. The summed E-state index contributed by atoms with van der Waals surface area (Å²) >= 11 is 0. The van der Waals surface area contributed by atoms with Gasteiger partial charge in [0.25, 0.3) is 5.91 Å². The number of nitrogens with one attached hydrogen (secondary N) is 2. The first-order valence-electron chi connectivity index (χ1n) is 8.25. The molecule has 0 fully saturated rings. The summed E-state index contributed by atoms with van der Waals surface area (Å²) in [4.78, 5) is 31.2. The molecule has 7 nitrogen and oxygen atoms in total. The lowest BCUT2D eigenvalue weighted by Crippen LogP contribution is -2.16. The third kappa shape index (κ3) is 2.67. The molecule has 26 heavy (non-hydrogen) atoms. The predicted molar refractivity (Wildman–Crippen MR) is 98.7 cm³/mol. The molecule has 132 valence electrons. The van der Waals surface area contributed by atoms with Crippen molar-refractivity contribution in [2.75, 3.05) is 5.32 Å². The van der Waals surface area contributed by atoms with E-state index in [4.69, 9.17) is 4.42 Å². The number of benzene rings is 1. The number of pyridine rings is 1. The van der Waals surface area contributed by atoms with Crippen LogP contribution in [-0.2, 0) is 5.41 Å². The summed E-state index contributed by atoms with van der Waals surface area (Å²) in [7, 11) is 0. The van der Waals surface area contributed by atoms with Gasteiger partial charge in [-0.15, -0.1) is 0 Å². The summed E-state index contributed by atoms with van der Waals surface area (Å²) in [6.45, 7) is 6.16. The maximum atomic E-state index is 12.8. The van der Waals surface area contributed by atoms with Crippen molar-refractivity contribution in [3.63, 3.8) is 0 Å². The second-order valence-electron chi connectivity index (χ2n) is 7.17. The van der Waals surface area contributed by atoms with Crippen LogP contribution in [0.15, 0.2) is 51.8 Å². The number of fused-ring (bicyclic) bond motifs is 2. The zero-order valence-corrected chi connectivity index (χ0v) is 14.7. The van der Waals surface area contributed by atoms with Gasteiger partial charge in [0, 0.05) is 23.4 Å². The number of carbonyl (C=O) groups is 1. The highest BCUT2D eigenvalue weighted by molar-refractivity contribution is 6.08. The van der Waals surface area contributed by atoms with Crippen molar-refractivity contribution >= 4 is 28.2 Å². The van der Waals surface area contributed by atoms with Crippen molar-refractivity contribution in [1.29, 1.82) is 0 Å². The first kappa shape index (κ1) is 16.1. The zero-order valence-electron chi connectivity index (χ0n) is 14.7. The number of amides is 1. The summed E-state index contributed by atoms with van der Waals surface area (Å²) < 4.78 is 6.97. The highest BCUT2D eigenvalue weighted by atomic mass is 16.4. The summed E-state index contributed by atoms with van der Waals surface area (Å²) in [5, 5.41) is 2.83. The highest BCUT2D eigenvalue weighted by Gasteiger charge is 2.25. The summed E-state index contributed by atoms with van der Waals surface area (Å²) in [6.07, 6.45) is 1.90. The zero-order chi connectivity index (χ0) is 18.5. The van der Waals surface area contributed by atoms with Crippen LogP contribution in [0.5, 0.6) is 0 Å². The van der Waals surface area contributed by atoms with Gasteiger partial charge in [0.1, 0.15) is 5.82 Å². The van der Waals surface area contributed by atoms with Crippen molar-refractivity contribution < 1.29 is 9.21 Å². The fourth-order valence-corrected chi connectivity index (χ4v) is 2.95. The molecule has 4 rings (SSSR count). The number of rotatable bonds is 2. The van der Waals surface area contributed by atoms with Gasteiger partial charge in [0.2, 0.25) is 0 Å². The van der Waals surface area contributed by atoms with Gasteiger partial charge in [-0.3, -0.25) is 9.78 Å². The Hall–Kier alpha value is -3.35. The van der Waals surface area contributed by atoms with Crippen LogP contribution in [0.25, 0.3) is 16.6 Å². The minimum absolute atomic E-state index is 0.212. The van der Waals surface area contributed by atoms with Gasteiger partial charge >= 0.3 is 5.76 Å². The van der Waals surface area contributed by atoms with Gasteiger partial charge in [-0.2, -0.15) is 0 Å². The van der Waals surface area contributed by atoms with Crippen molar-refractivity contribution in [1.82, 2.24) is 14.4 Å². The summed E-state index contributed by atoms with van der Waals surface area (Å²) in [5.41, 5.74) is 2.37. The molecule has 0 radical (unpaired) electrons. The molecule has 0 aliphatic carbocycles. The number of nitrogens with zero attached hydrogens (tertiary/aromatic N) is 2. The van der Waals surface area contributed by atoms with Gasteiger partial charge in [0.15, 0.2) is 11.3 Å². The van der Waals surface area contributed by atoms with Gasteiger partial charge in [-0.1, -0.05) is 26.8 Å². The molecule has 4 aromatic rings. The highest BCUT2D eigenvalue weighted by Crippen LogP contribution is 2.25. The molecule has 0 saturated carbocycles. The van der Waals surface area contributed by atoms with E-state index in [-0.39, 0.29) is 11.3 Å². The largest absolute Gasteiger partial charge is 0.417 e. The predicted octanol–water partition coefficient (Wildman–Crippen LogP) is 3.32. The van der Waals surface area contributed by atoms with E-state index in [0.717, 1.165) is 11.3 Å². The number of aromatic nitrogens is 3. The number of imidazole rings is 1. The van der Waals surface area contributed by atoms with E-state index >= 15 is 0 Å². The lowest BCUT2D eigenvalue weighted by Gasteiger charge is -2.16. The third-order valence-electron chi connectivity index (χ3n) is 4.11. The van der Waals surface area contributed by atoms with E-state index in [2.05, 4.69) is 36.1 Å². The molecular weight excluding hydrogens is 332 g/mol. The number of carbonyl (C=O) groups excluding carboxylic acids is 1. The SMILES string of the molecule is CC(C)(C)c1nc(C(=O)Nc2ccc3[nH]c(=O)oc3c2)c2ccccn12. The van der Waals surface area contributed by atoms with Gasteiger partial charge < -0.3 is 14.1 Å². The Balaban J connectivity index is 1.74. The van der Waals surface area contributed by atoms with E-state index in [1.54, 1.807) is 18.2 Å². The molecule has 1 aromatic carbocycles. The molecule has 2 N–H and O–H groups in total. The normalized spacial score (nSPS) is 12.0. The minimum Gasteiger partial charge on any atom is -0.408 e. The number of H-pyrrole nitrogens is 1. The van der Waals surface area contributed by atoms with E-state index in [1.807, 2.05) is 28.8 Å². The lowest BCUT2D eigenvalue weighted by atomic mass is 9.96. The van der Waals surface area contributed by atoms with Crippen molar-refractivity contribution in [2.24, 2.45) is 0 Å². The van der Waals surface area contributed by atoms with E-state index in [0.29, 0.717) is 22.5 Å². The number of aromatic amines is 1. The minimum atomic E-state index is -0.529. The maximum absolute atomic E-state index is 12.8. The number of anilines is 1. The van der Waals surface area contributed by atoms with Gasteiger partial charge in [0.05, 0.1) is 11.0 Å². The molecule has 3 aromatic heterocycles. The van der Waals surface area contributed by atoms with Gasteiger partial charge in [-0.25, -0.2) is 9.78 Å². The van der Waals surface area contributed by atoms with Gasteiger partial charge in [-0.05, 0) is 24.3 Å². The summed E-state index contributed by atoms with van der Waals surface area (Å²) in [5.74, 6) is -0.0369. The molecule has 0 unspecified atom stereocenters. The molecule has 3 heterocycles. The average Bonchev–Trinajstić information content (AvgIpc) is 3.13. The first-order chi connectivity index (χ1) is 12.3. The smallest absolute Gasteiger partial charge is 0.408 e. The van der Waals surface area contributed by atoms with Crippen LogP contribution in [0.3, 0.4) is 0 Å². The maximum Gasteiger partial charge on any atom is 0.417 e. The topological polar surface area (TPSA) is 92.4 Å². The lowest BCUT2D eigenvalue weighted by molar-refractivity contribution is 0.102. The standard InChI is InChI=1S/C19H18N4O3/c1-19(2,3)17-22-15(13-6-4-5-9-23(13)17)16(24)20-11-7-8-12-14(10-11)26-18(25)21-12/h4-10H,1-3H3,(H,20,24)(H,21,25). The van der Waals surface area contributed by atoms with E-state index < -0.39 is 5.76 Å². The van der Waals surface area contributed by atoms with Crippen LogP contribution in [0.1, 0.15) is 37.1 Å². The summed E-state index contributed by atoms with van der Waals surface area (Å²) in [6, 6.07) is 10.6. The van der Waals surface area contributed by atoms with Crippen LogP contribution in [0, 0.1) is 0 Å². The van der Waals surface area contributed by atoms with Crippen molar-refractivity contribution in [2.45, 2.75) is 26.2 Å². The second-order valence-corrected chi connectivity index (χ2v) is 7.17. The molecule has 0 bridgehead atoms. The van der Waals surface area contributed by atoms with Crippen LogP contribution in [0.2, 0.25) is 0 Å². The quantitative estimate of drug-likeness (QED) is 0.580. The van der Waals surface area contributed by atoms with Crippen LogP contribution in [-0.4, -0.2) is 20.3 Å². The Kier molecular flexibility index (Phi) is 3.47. The second kappa shape index (κ2) is 5.59. The molecule has 1 amide bonds. The van der Waals surface area contributed by atoms with E-state index in [9.17, 15) is 9.59 Å². The van der Waals surface area contributed by atoms with Crippen molar-refractivity contribution in [3.8, 4) is 0 Å². The Bertz CT molecular complexity index is 1190. The molecule has 0 saturated heterocycles. The van der Waals surface area contributed by atoms with Crippen LogP contribution >= 0.6 is 0 Å². The third-order valence-corrected chi connectivity index (χ3v) is 4.11. The van der Waals surface area contributed by atoms with Crippen LogP contribution < -0.4 is 11.1 Å². The Labute approximate surface area is 148 Å². The fourth-order valence-electron chi connectivity index (χ4n) is 2.95. The Morgan fingerprint density at radius 2 is 2.04 bits per heavy atom. The number of hydrogen-bond donors (Lipinski definition) is 2. The molecular formula is C19H18N4O3. The van der Waals surface area contributed by atoms with Crippen LogP contribution in [0.4, 0.5) is 5.69 Å². The average molecular weight is 350 g/mol. The number of hydrogen-bond acceptors (Lipinski definition) is 4. The molecule has 7 heteroatoms. The van der Waals surface area contributed by atoms with E-state index in [1.165, 1.54) is 0 Å². The Morgan fingerprint density at radius 1 is 1.23 bits per heavy atom. The molecule has 0 atom stereocenters. The fraction of sp³-hybridized carbons (Fsp3) is 0.211.